The van der Waals surface area contributed by atoms with E-state index in [0.717, 1.165) is 55.1 Å². The van der Waals surface area contributed by atoms with Gasteiger partial charge in [0.15, 0.2) is 0 Å². The first-order valence-electron chi connectivity index (χ1n) is 13.0. The van der Waals surface area contributed by atoms with Crippen molar-refractivity contribution in [3.8, 4) is 0 Å². The van der Waals surface area contributed by atoms with E-state index in [9.17, 15) is 20.1 Å². The molecule has 194 valence electrons. The Labute approximate surface area is 208 Å². The van der Waals surface area contributed by atoms with Crippen LogP contribution in [-0.4, -0.2) is 39.9 Å². The van der Waals surface area contributed by atoms with Gasteiger partial charge in [0.25, 0.3) is 0 Å². The Bertz CT molecular complexity index is 767. The van der Waals surface area contributed by atoms with Crippen LogP contribution in [0, 0.1) is 17.3 Å². The van der Waals surface area contributed by atoms with Crippen LogP contribution in [0.1, 0.15) is 99.8 Å². The molecule has 0 aromatic rings. The van der Waals surface area contributed by atoms with Gasteiger partial charge in [-0.1, -0.05) is 49.3 Å². The predicted molar refractivity (Wildman–Crippen MR) is 143 cm³/mol. The molecule has 5 unspecified atom stereocenters. The van der Waals surface area contributed by atoms with E-state index < -0.39 is 17.1 Å². The molecular weight excluding hydrogens is 424 g/mol. The zero-order chi connectivity index (χ0) is 25.9. The molecule has 1 aliphatic rings. The van der Waals surface area contributed by atoms with Gasteiger partial charge in [-0.2, -0.15) is 0 Å². The number of aliphatic hydroxyl groups excluding tert-OH is 2. The summed E-state index contributed by atoms with van der Waals surface area (Å²) in [5, 5.41) is 31.5. The van der Waals surface area contributed by atoms with Crippen LogP contribution in [0.5, 0.6) is 0 Å². The highest BCUT2D eigenvalue weighted by molar-refractivity contribution is 5.74. The van der Waals surface area contributed by atoms with Crippen LogP contribution in [0.2, 0.25) is 0 Å². The summed E-state index contributed by atoms with van der Waals surface area (Å²) in [4.78, 5) is 11.6. The van der Waals surface area contributed by atoms with E-state index in [-0.39, 0.29) is 12.5 Å². The topological polar surface area (TPSA) is 77.8 Å². The Morgan fingerprint density at radius 1 is 1.12 bits per heavy atom. The van der Waals surface area contributed by atoms with Crippen LogP contribution in [0.15, 0.2) is 46.6 Å². The van der Waals surface area contributed by atoms with Crippen molar-refractivity contribution in [2.24, 2.45) is 17.3 Å². The molecule has 5 atom stereocenters. The summed E-state index contributed by atoms with van der Waals surface area (Å²) in [6.45, 7) is 14.4. The summed E-state index contributed by atoms with van der Waals surface area (Å²) in [6.07, 6.45) is 15.0. The molecule has 0 amide bonds. The molecule has 0 heterocycles. The lowest BCUT2D eigenvalue weighted by molar-refractivity contribution is -0.115. The molecule has 1 saturated carbocycles. The third-order valence-electron chi connectivity index (χ3n) is 8.03. The Kier molecular flexibility index (Phi) is 12.7. The van der Waals surface area contributed by atoms with Crippen molar-refractivity contribution < 1.29 is 20.1 Å². The Morgan fingerprint density at radius 3 is 2.38 bits per heavy atom. The predicted octanol–water partition coefficient (Wildman–Crippen LogP) is 6.47. The highest BCUT2D eigenvalue weighted by Gasteiger charge is 2.52. The average molecular weight is 475 g/mol. The van der Waals surface area contributed by atoms with Crippen molar-refractivity contribution in [3.05, 3.63) is 46.6 Å². The number of carbonyl (C=O) groups excluding carboxylic acids is 1. The average Bonchev–Trinajstić information content (AvgIpc) is 2.77. The molecule has 4 nitrogen and oxygen atoms in total. The van der Waals surface area contributed by atoms with Gasteiger partial charge in [-0.25, -0.2) is 0 Å². The first-order chi connectivity index (χ1) is 15.9. The zero-order valence-corrected chi connectivity index (χ0v) is 22.7. The number of hydrogen-bond acceptors (Lipinski definition) is 4. The fourth-order valence-electron chi connectivity index (χ4n) is 5.28. The summed E-state index contributed by atoms with van der Waals surface area (Å²) in [5.74, 6) is 0.460. The van der Waals surface area contributed by atoms with Crippen molar-refractivity contribution in [1.29, 1.82) is 0 Å². The van der Waals surface area contributed by atoms with Crippen LogP contribution < -0.4 is 0 Å². The summed E-state index contributed by atoms with van der Waals surface area (Å²) >= 11 is 0. The molecule has 1 aliphatic carbocycles. The smallest absolute Gasteiger partial charge is 0.145 e. The molecule has 0 aromatic heterocycles. The van der Waals surface area contributed by atoms with Gasteiger partial charge in [0.2, 0.25) is 0 Å². The molecule has 0 bridgehead atoms. The van der Waals surface area contributed by atoms with E-state index in [1.807, 2.05) is 26.8 Å². The maximum Gasteiger partial charge on any atom is 0.145 e. The van der Waals surface area contributed by atoms with Crippen molar-refractivity contribution in [3.63, 3.8) is 0 Å². The lowest BCUT2D eigenvalue weighted by Gasteiger charge is -2.53. The van der Waals surface area contributed by atoms with Gasteiger partial charge in [0.1, 0.15) is 6.29 Å². The molecule has 4 heteroatoms. The standard InChI is InChI=1S/C30H50O4/c1-22(2)11-8-12-23(3)15-16-28(33)24(4)13-9-18-29(6)27(14-10-20-31)26(25(5)21-32)17-19-30(29,7)34/h11,13,15-16,21,23,27-28,31,33-34H,8-10,12,14,17-20H2,1-7H3. The molecule has 0 spiro atoms. The summed E-state index contributed by atoms with van der Waals surface area (Å²) in [5.41, 5.74) is 2.86. The van der Waals surface area contributed by atoms with Crippen LogP contribution in [0.25, 0.3) is 0 Å². The highest BCUT2D eigenvalue weighted by Crippen LogP contribution is 2.55. The van der Waals surface area contributed by atoms with E-state index in [1.165, 1.54) is 5.57 Å². The zero-order valence-electron chi connectivity index (χ0n) is 22.7. The first kappa shape index (κ1) is 30.5. The Morgan fingerprint density at radius 2 is 1.79 bits per heavy atom. The second-order valence-electron chi connectivity index (χ2n) is 11.1. The van der Waals surface area contributed by atoms with Gasteiger partial charge in [-0.05, 0) is 109 Å². The van der Waals surface area contributed by atoms with E-state index in [2.05, 4.69) is 45.9 Å². The lowest BCUT2D eigenvalue weighted by Crippen LogP contribution is -2.52. The van der Waals surface area contributed by atoms with Crippen LogP contribution >= 0.6 is 0 Å². The Hall–Kier alpha value is -1.49. The summed E-state index contributed by atoms with van der Waals surface area (Å²) in [6, 6.07) is 0. The SMILES string of the molecule is CC(C)=CCCC(C)C=CC(O)C(C)=CCCC1(C)C(CCCO)C(=C(C)C=O)CCC1(C)O. The number of aliphatic hydroxyl groups is 3. The lowest BCUT2D eigenvalue weighted by atomic mass is 9.54. The second-order valence-corrected chi connectivity index (χ2v) is 11.1. The fraction of sp³-hybridized carbons (Fsp3) is 0.700. The number of rotatable bonds is 13. The van der Waals surface area contributed by atoms with Gasteiger partial charge >= 0.3 is 0 Å². The molecule has 0 saturated heterocycles. The minimum Gasteiger partial charge on any atom is -0.396 e. The van der Waals surface area contributed by atoms with Crippen LogP contribution in [-0.2, 0) is 4.79 Å². The van der Waals surface area contributed by atoms with Gasteiger partial charge < -0.3 is 15.3 Å². The molecule has 0 aliphatic heterocycles. The number of aldehydes is 1. The highest BCUT2D eigenvalue weighted by atomic mass is 16.3. The molecule has 0 aromatic carbocycles. The molecule has 1 rings (SSSR count). The summed E-state index contributed by atoms with van der Waals surface area (Å²) < 4.78 is 0. The van der Waals surface area contributed by atoms with Gasteiger partial charge in [0.05, 0.1) is 11.7 Å². The van der Waals surface area contributed by atoms with Gasteiger partial charge in [-0.15, -0.1) is 0 Å². The van der Waals surface area contributed by atoms with Crippen LogP contribution in [0.3, 0.4) is 0 Å². The number of carbonyl (C=O) groups is 1. The minimum absolute atomic E-state index is 0.0498. The maximum atomic E-state index is 11.6. The molecule has 34 heavy (non-hydrogen) atoms. The van der Waals surface area contributed by atoms with Crippen molar-refractivity contribution in [2.75, 3.05) is 6.61 Å². The minimum atomic E-state index is -0.860. The van der Waals surface area contributed by atoms with Crippen molar-refractivity contribution >= 4 is 6.29 Å². The van der Waals surface area contributed by atoms with E-state index in [4.69, 9.17) is 0 Å². The third kappa shape index (κ3) is 8.62. The maximum absolute atomic E-state index is 11.6. The third-order valence-corrected chi connectivity index (χ3v) is 8.03. The largest absolute Gasteiger partial charge is 0.396 e. The van der Waals surface area contributed by atoms with E-state index >= 15 is 0 Å². The van der Waals surface area contributed by atoms with Crippen LogP contribution in [0.4, 0.5) is 0 Å². The molecule has 0 radical (unpaired) electrons. The van der Waals surface area contributed by atoms with Crippen molar-refractivity contribution in [2.45, 2.75) is 112 Å². The number of allylic oxidation sites excluding steroid dienone is 6. The number of hydrogen-bond donors (Lipinski definition) is 3. The van der Waals surface area contributed by atoms with Crippen molar-refractivity contribution in [1.82, 2.24) is 0 Å². The van der Waals surface area contributed by atoms with Gasteiger partial charge in [-0.3, -0.25) is 4.79 Å². The fourth-order valence-corrected chi connectivity index (χ4v) is 5.28. The van der Waals surface area contributed by atoms with E-state index in [0.29, 0.717) is 25.2 Å². The monoisotopic (exact) mass is 474 g/mol. The molecule has 3 N–H and O–H groups in total. The molecular formula is C30H50O4. The van der Waals surface area contributed by atoms with Gasteiger partial charge in [0, 0.05) is 12.0 Å². The van der Waals surface area contributed by atoms with E-state index in [1.54, 1.807) is 0 Å². The first-order valence-corrected chi connectivity index (χ1v) is 13.0. The normalized spacial score (nSPS) is 29.1. The second kappa shape index (κ2) is 14.2. The molecule has 1 fully saturated rings. The summed E-state index contributed by atoms with van der Waals surface area (Å²) in [7, 11) is 0. The Balaban J connectivity index is 2.93. The quantitative estimate of drug-likeness (QED) is 0.162.